The predicted octanol–water partition coefficient (Wildman–Crippen LogP) is 2.67. The van der Waals surface area contributed by atoms with Gasteiger partial charge in [-0.05, 0) is 37.1 Å². The molecule has 1 aliphatic rings. The van der Waals surface area contributed by atoms with Crippen molar-refractivity contribution >= 4 is 6.03 Å². The topological polar surface area (TPSA) is 76.6 Å². The van der Waals surface area contributed by atoms with E-state index >= 15 is 0 Å². The van der Waals surface area contributed by atoms with Crippen LogP contribution in [0.1, 0.15) is 25.3 Å². The van der Waals surface area contributed by atoms with E-state index < -0.39 is 0 Å². The zero-order valence-corrected chi connectivity index (χ0v) is 15.6. The third-order valence-electron chi connectivity index (χ3n) is 4.44. The van der Waals surface area contributed by atoms with Crippen molar-refractivity contribution < 1.29 is 14.3 Å². The molecule has 1 aromatic heterocycles. The molecule has 27 heavy (non-hydrogen) atoms. The number of piperidine rings is 1. The third kappa shape index (κ3) is 5.84. The summed E-state index contributed by atoms with van der Waals surface area (Å²) in [6.07, 6.45) is 5.71. The zero-order valence-electron chi connectivity index (χ0n) is 15.6. The molecule has 3 rings (SSSR count). The van der Waals surface area contributed by atoms with Crippen LogP contribution in [-0.4, -0.2) is 53.2 Å². The first-order valence-corrected chi connectivity index (χ1v) is 9.43. The molecule has 0 aliphatic carbocycles. The minimum atomic E-state index is -0.0228. The van der Waals surface area contributed by atoms with Crippen LogP contribution in [0, 0.1) is 0 Å². The summed E-state index contributed by atoms with van der Waals surface area (Å²) in [6, 6.07) is 10.1. The first-order chi connectivity index (χ1) is 13.2. The molecule has 2 heterocycles. The van der Waals surface area contributed by atoms with Crippen LogP contribution in [0.25, 0.3) is 0 Å². The van der Waals surface area contributed by atoms with Crippen LogP contribution < -0.4 is 14.8 Å². The van der Waals surface area contributed by atoms with Crippen molar-refractivity contribution in [3.8, 4) is 11.8 Å². The highest BCUT2D eigenvalue weighted by atomic mass is 16.5. The quantitative estimate of drug-likeness (QED) is 0.811. The summed E-state index contributed by atoms with van der Waals surface area (Å²) >= 11 is 0. The first kappa shape index (κ1) is 18.9. The zero-order chi connectivity index (χ0) is 18.9. The lowest BCUT2D eigenvalue weighted by molar-refractivity contribution is 0.103. The highest BCUT2D eigenvalue weighted by Gasteiger charge is 2.24. The minimum absolute atomic E-state index is 0.0228. The van der Waals surface area contributed by atoms with Crippen LogP contribution in [0.4, 0.5) is 4.79 Å². The summed E-state index contributed by atoms with van der Waals surface area (Å²) in [5, 5.41) is 3.00. The van der Waals surface area contributed by atoms with E-state index in [4.69, 9.17) is 9.47 Å². The molecule has 1 aromatic carbocycles. The van der Waals surface area contributed by atoms with E-state index in [1.54, 1.807) is 18.5 Å². The molecular formula is C20H26N4O3. The highest BCUT2D eigenvalue weighted by Crippen LogP contribution is 2.16. The SMILES string of the molecule is CCOc1cccc(CCNC(=O)N2CCC(Oc3ncccn3)CC2)c1. The monoisotopic (exact) mass is 370 g/mol. The maximum Gasteiger partial charge on any atom is 0.317 e. The Morgan fingerprint density at radius 3 is 2.74 bits per heavy atom. The van der Waals surface area contributed by atoms with Gasteiger partial charge in [-0.3, -0.25) is 0 Å². The molecule has 7 heteroatoms. The number of rotatable bonds is 7. The molecule has 0 bridgehead atoms. The van der Waals surface area contributed by atoms with Crippen molar-refractivity contribution in [1.29, 1.82) is 0 Å². The van der Waals surface area contributed by atoms with Gasteiger partial charge < -0.3 is 19.7 Å². The molecule has 0 atom stereocenters. The van der Waals surface area contributed by atoms with Crippen LogP contribution in [0.2, 0.25) is 0 Å². The standard InChI is InChI=1S/C20H26N4O3/c1-2-26-18-6-3-5-16(15-18)7-12-23-20(25)24-13-8-17(9-14-24)27-19-21-10-4-11-22-19/h3-6,10-11,15,17H,2,7-9,12-14H2,1H3,(H,23,25). The Labute approximate surface area is 159 Å². The molecule has 0 radical (unpaired) electrons. The molecule has 0 unspecified atom stereocenters. The number of amides is 2. The fraction of sp³-hybridized carbons (Fsp3) is 0.450. The van der Waals surface area contributed by atoms with Gasteiger partial charge in [0.15, 0.2) is 0 Å². The summed E-state index contributed by atoms with van der Waals surface area (Å²) in [5.74, 6) is 0.866. The van der Waals surface area contributed by atoms with E-state index in [9.17, 15) is 4.79 Å². The van der Waals surface area contributed by atoms with E-state index in [0.717, 1.165) is 30.6 Å². The molecule has 1 saturated heterocycles. The van der Waals surface area contributed by atoms with Crippen molar-refractivity contribution in [3.05, 3.63) is 48.3 Å². The molecule has 7 nitrogen and oxygen atoms in total. The lowest BCUT2D eigenvalue weighted by atomic mass is 10.1. The largest absolute Gasteiger partial charge is 0.494 e. The maximum atomic E-state index is 12.3. The molecule has 0 saturated carbocycles. The van der Waals surface area contributed by atoms with Crippen molar-refractivity contribution in [2.75, 3.05) is 26.2 Å². The number of nitrogens with one attached hydrogen (secondary N) is 1. The minimum Gasteiger partial charge on any atom is -0.494 e. The predicted molar refractivity (Wildman–Crippen MR) is 102 cm³/mol. The Kier molecular flexibility index (Phi) is 6.84. The molecule has 144 valence electrons. The maximum absolute atomic E-state index is 12.3. The summed E-state index contributed by atoms with van der Waals surface area (Å²) in [5.41, 5.74) is 1.15. The lowest BCUT2D eigenvalue weighted by Gasteiger charge is -2.31. The molecule has 2 amide bonds. The smallest absolute Gasteiger partial charge is 0.317 e. The number of hydrogen-bond donors (Lipinski definition) is 1. The van der Waals surface area contributed by atoms with E-state index in [1.807, 2.05) is 36.1 Å². The summed E-state index contributed by atoms with van der Waals surface area (Å²) < 4.78 is 11.3. The molecule has 0 spiro atoms. The number of ether oxygens (including phenoxy) is 2. The number of nitrogens with zero attached hydrogens (tertiary/aromatic N) is 3. The molecule has 2 aromatic rings. The van der Waals surface area contributed by atoms with Gasteiger partial charge in [-0.2, -0.15) is 0 Å². The number of carbonyl (C=O) groups is 1. The Morgan fingerprint density at radius 1 is 1.22 bits per heavy atom. The van der Waals surface area contributed by atoms with Gasteiger partial charge >= 0.3 is 12.0 Å². The van der Waals surface area contributed by atoms with Gasteiger partial charge in [0.25, 0.3) is 0 Å². The van der Waals surface area contributed by atoms with Crippen LogP contribution in [0.15, 0.2) is 42.7 Å². The van der Waals surface area contributed by atoms with Crippen LogP contribution in [-0.2, 0) is 6.42 Å². The van der Waals surface area contributed by atoms with Crippen molar-refractivity contribution in [2.45, 2.75) is 32.3 Å². The van der Waals surface area contributed by atoms with Crippen LogP contribution in [0.3, 0.4) is 0 Å². The number of aromatic nitrogens is 2. The molecule has 1 fully saturated rings. The third-order valence-corrected chi connectivity index (χ3v) is 4.44. The number of urea groups is 1. The molecule has 1 aliphatic heterocycles. The van der Waals surface area contributed by atoms with E-state index in [-0.39, 0.29) is 12.1 Å². The fourth-order valence-corrected chi connectivity index (χ4v) is 3.06. The van der Waals surface area contributed by atoms with Gasteiger partial charge in [0.1, 0.15) is 11.9 Å². The van der Waals surface area contributed by atoms with Crippen LogP contribution >= 0.6 is 0 Å². The molecular weight excluding hydrogens is 344 g/mol. The second kappa shape index (κ2) is 9.75. The van der Waals surface area contributed by atoms with E-state index in [1.165, 1.54) is 0 Å². The number of hydrogen-bond acceptors (Lipinski definition) is 5. The van der Waals surface area contributed by atoms with Crippen molar-refractivity contribution in [3.63, 3.8) is 0 Å². The van der Waals surface area contributed by atoms with Gasteiger partial charge in [-0.15, -0.1) is 0 Å². The normalized spacial score (nSPS) is 14.6. The van der Waals surface area contributed by atoms with Crippen molar-refractivity contribution in [1.82, 2.24) is 20.2 Å². The second-order valence-electron chi connectivity index (χ2n) is 6.40. The number of likely N-dealkylation sites (tertiary alicyclic amines) is 1. The lowest BCUT2D eigenvalue weighted by Crippen LogP contribution is -2.47. The Hall–Kier alpha value is -2.83. The Morgan fingerprint density at radius 2 is 2.00 bits per heavy atom. The highest BCUT2D eigenvalue weighted by molar-refractivity contribution is 5.74. The summed E-state index contributed by atoms with van der Waals surface area (Å²) in [6.45, 7) is 4.55. The summed E-state index contributed by atoms with van der Waals surface area (Å²) in [4.78, 5) is 22.3. The van der Waals surface area contributed by atoms with Gasteiger partial charge in [0.05, 0.1) is 6.61 Å². The van der Waals surface area contributed by atoms with E-state index in [2.05, 4.69) is 15.3 Å². The number of benzene rings is 1. The summed E-state index contributed by atoms with van der Waals surface area (Å²) in [7, 11) is 0. The van der Waals surface area contributed by atoms with Gasteiger partial charge in [-0.25, -0.2) is 14.8 Å². The average Bonchev–Trinajstić information content (AvgIpc) is 2.70. The number of carbonyl (C=O) groups excluding carboxylic acids is 1. The molecule has 1 N–H and O–H groups in total. The second-order valence-corrected chi connectivity index (χ2v) is 6.40. The Bertz CT molecular complexity index is 718. The fourth-order valence-electron chi connectivity index (χ4n) is 3.06. The van der Waals surface area contributed by atoms with Crippen molar-refractivity contribution in [2.24, 2.45) is 0 Å². The van der Waals surface area contributed by atoms with Gasteiger partial charge in [-0.1, -0.05) is 12.1 Å². The Balaban J connectivity index is 1.37. The average molecular weight is 370 g/mol. The van der Waals surface area contributed by atoms with Gasteiger partial charge in [0, 0.05) is 44.9 Å². The van der Waals surface area contributed by atoms with E-state index in [0.29, 0.717) is 32.3 Å². The van der Waals surface area contributed by atoms with Crippen LogP contribution in [0.5, 0.6) is 11.8 Å². The first-order valence-electron chi connectivity index (χ1n) is 9.43. The van der Waals surface area contributed by atoms with Gasteiger partial charge in [0.2, 0.25) is 0 Å².